The fourth-order valence-corrected chi connectivity index (χ4v) is 2.40. The second-order valence-corrected chi connectivity index (χ2v) is 4.67. The molecule has 0 atom stereocenters. The number of benzene rings is 1. The summed E-state index contributed by atoms with van der Waals surface area (Å²) in [6.07, 6.45) is 0. The van der Waals surface area contributed by atoms with Crippen LogP contribution in [-0.4, -0.2) is 11.6 Å². The fraction of sp³-hybridized carbons (Fsp3) is 0.429. The summed E-state index contributed by atoms with van der Waals surface area (Å²) in [4.78, 5) is 0. The van der Waals surface area contributed by atoms with Crippen LogP contribution >= 0.6 is 0 Å². The number of nitrogens with zero attached hydrogens (tertiary/aromatic N) is 1. The third-order valence-corrected chi connectivity index (χ3v) is 3.00. The summed E-state index contributed by atoms with van der Waals surface area (Å²) in [6, 6.07) is 9.48. The van der Waals surface area contributed by atoms with E-state index in [0.29, 0.717) is 6.04 Å². The molecule has 16 heavy (non-hydrogen) atoms. The molecule has 0 spiro atoms. The molecule has 0 fully saturated rings. The maximum Gasteiger partial charge on any atom is 0.0488 e. The first-order valence-corrected chi connectivity index (χ1v) is 5.88. The van der Waals surface area contributed by atoms with Crippen LogP contribution in [0, 0.1) is 6.92 Å². The van der Waals surface area contributed by atoms with E-state index in [1.165, 1.54) is 22.2 Å². The van der Waals surface area contributed by atoms with E-state index in [1.807, 2.05) is 7.05 Å². The molecule has 2 nitrogen and oxygen atoms in total. The molecule has 1 aromatic carbocycles. The first kappa shape index (κ1) is 11.2. The van der Waals surface area contributed by atoms with Gasteiger partial charge in [-0.25, -0.2) is 0 Å². The molecule has 0 unspecified atom stereocenters. The largest absolute Gasteiger partial charge is 0.342 e. The molecular weight excluding hydrogens is 196 g/mol. The normalized spacial score (nSPS) is 11.6. The van der Waals surface area contributed by atoms with Crippen LogP contribution in [0.4, 0.5) is 0 Å². The predicted octanol–water partition coefficient (Wildman–Crippen LogP) is 3.25. The zero-order chi connectivity index (χ0) is 11.7. The number of fused-ring (bicyclic) bond motifs is 1. The number of hydrogen-bond donors (Lipinski definition) is 1. The molecule has 0 aliphatic heterocycles. The Balaban J connectivity index is 2.60. The van der Waals surface area contributed by atoms with E-state index < -0.39 is 0 Å². The van der Waals surface area contributed by atoms with E-state index >= 15 is 0 Å². The van der Waals surface area contributed by atoms with E-state index in [9.17, 15) is 0 Å². The molecule has 2 aromatic rings. The lowest BCUT2D eigenvalue weighted by Crippen LogP contribution is -2.06. The van der Waals surface area contributed by atoms with Gasteiger partial charge < -0.3 is 9.88 Å². The van der Waals surface area contributed by atoms with Gasteiger partial charge in [0.25, 0.3) is 0 Å². The minimum absolute atomic E-state index is 0.516. The second-order valence-electron chi connectivity index (χ2n) is 4.67. The molecule has 1 N–H and O–H groups in total. The number of aryl methyl sites for hydroxylation is 1. The highest BCUT2D eigenvalue weighted by molar-refractivity contribution is 5.82. The van der Waals surface area contributed by atoms with Crippen molar-refractivity contribution in [2.45, 2.75) is 33.4 Å². The summed E-state index contributed by atoms with van der Waals surface area (Å²) in [7, 11) is 1.98. The van der Waals surface area contributed by atoms with Crippen molar-refractivity contribution >= 4 is 10.9 Å². The van der Waals surface area contributed by atoms with Crippen LogP contribution in [-0.2, 0) is 6.54 Å². The summed E-state index contributed by atoms with van der Waals surface area (Å²) in [5.74, 6) is 0. The van der Waals surface area contributed by atoms with E-state index in [4.69, 9.17) is 0 Å². The standard InChI is InChI=1S/C14H20N2/c1-10(2)16-11(3)7-13-6-5-12(9-15-4)8-14(13)16/h5-8,10,15H,9H2,1-4H3. The highest BCUT2D eigenvalue weighted by atomic mass is 15.0. The van der Waals surface area contributed by atoms with Crippen molar-refractivity contribution in [3.63, 3.8) is 0 Å². The third kappa shape index (κ3) is 1.85. The first-order chi connectivity index (χ1) is 7.63. The van der Waals surface area contributed by atoms with Crippen molar-refractivity contribution < 1.29 is 0 Å². The maximum atomic E-state index is 3.19. The summed E-state index contributed by atoms with van der Waals surface area (Å²) >= 11 is 0. The lowest BCUT2D eigenvalue weighted by Gasteiger charge is -2.13. The summed E-state index contributed by atoms with van der Waals surface area (Å²) in [5, 5.41) is 4.53. The zero-order valence-electron chi connectivity index (χ0n) is 10.5. The Morgan fingerprint density at radius 2 is 2.00 bits per heavy atom. The molecule has 0 saturated carbocycles. The van der Waals surface area contributed by atoms with E-state index in [-0.39, 0.29) is 0 Å². The van der Waals surface area contributed by atoms with Gasteiger partial charge in [-0.1, -0.05) is 12.1 Å². The van der Waals surface area contributed by atoms with Gasteiger partial charge in [-0.15, -0.1) is 0 Å². The Hall–Kier alpha value is -1.28. The van der Waals surface area contributed by atoms with Crippen molar-refractivity contribution in [2.75, 3.05) is 7.05 Å². The highest BCUT2D eigenvalue weighted by Gasteiger charge is 2.08. The minimum Gasteiger partial charge on any atom is -0.342 e. The van der Waals surface area contributed by atoms with Crippen LogP contribution in [0.1, 0.15) is 31.1 Å². The van der Waals surface area contributed by atoms with Gasteiger partial charge in [0.2, 0.25) is 0 Å². The molecule has 0 bridgehead atoms. The van der Waals surface area contributed by atoms with Crippen LogP contribution in [0.5, 0.6) is 0 Å². The molecular formula is C14H20N2. The maximum absolute atomic E-state index is 3.19. The van der Waals surface area contributed by atoms with Gasteiger partial charge in [-0.05, 0) is 50.9 Å². The summed E-state index contributed by atoms with van der Waals surface area (Å²) in [5.41, 5.74) is 4.03. The van der Waals surface area contributed by atoms with Gasteiger partial charge in [0.1, 0.15) is 0 Å². The second kappa shape index (κ2) is 4.30. The summed E-state index contributed by atoms with van der Waals surface area (Å²) < 4.78 is 2.40. The lowest BCUT2D eigenvalue weighted by molar-refractivity contribution is 0.607. The van der Waals surface area contributed by atoms with Crippen molar-refractivity contribution in [2.24, 2.45) is 0 Å². The van der Waals surface area contributed by atoms with Crippen LogP contribution in [0.3, 0.4) is 0 Å². The molecule has 0 amide bonds. The van der Waals surface area contributed by atoms with Crippen LogP contribution < -0.4 is 5.32 Å². The van der Waals surface area contributed by atoms with Crippen molar-refractivity contribution in [1.29, 1.82) is 0 Å². The van der Waals surface area contributed by atoms with Crippen LogP contribution in [0.2, 0.25) is 0 Å². The molecule has 1 heterocycles. The molecule has 1 aromatic heterocycles. The van der Waals surface area contributed by atoms with Crippen LogP contribution in [0.15, 0.2) is 24.3 Å². The van der Waals surface area contributed by atoms with Gasteiger partial charge in [-0.3, -0.25) is 0 Å². The minimum atomic E-state index is 0.516. The van der Waals surface area contributed by atoms with E-state index in [2.05, 4.69) is 54.9 Å². The SMILES string of the molecule is CNCc1ccc2cc(C)n(C(C)C)c2c1. The van der Waals surface area contributed by atoms with E-state index in [0.717, 1.165) is 6.54 Å². The van der Waals surface area contributed by atoms with Gasteiger partial charge in [-0.2, -0.15) is 0 Å². The highest BCUT2D eigenvalue weighted by Crippen LogP contribution is 2.24. The topological polar surface area (TPSA) is 17.0 Å². The predicted molar refractivity (Wildman–Crippen MR) is 69.8 cm³/mol. The quantitative estimate of drug-likeness (QED) is 0.833. The Bertz CT molecular complexity index is 495. The molecule has 0 saturated heterocycles. The first-order valence-electron chi connectivity index (χ1n) is 5.88. The number of hydrogen-bond acceptors (Lipinski definition) is 1. The van der Waals surface area contributed by atoms with Gasteiger partial charge in [0.05, 0.1) is 0 Å². The molecule has 2 heteroatoms. The van der Waals surface area contributed by atoms with E-state index in [1.54, 1.807) is 0 Å². The molecule has 0 aliphatic rings. The smallest absolute Gasteiger partial charge is 0.0488 e. The number of aromatic nitrogens is 1. The molecule has 0 aliphatic carbocycles. The lowest BCUT2D eigenvalue weighted by atomic mass is 10.1. The Kier molecular flexibility index (Phi) is 3.01. The van der Waals surface area contributed by atoms with Gasteiger partial charge in [0, 0.05) is 23.8 Å². The summed E-state index contributed by atoms with van der Waals surface area (Å²) in [6.45, 7) is 7.57. The van der Waals surface area contributed by atoms with Crippen molar-refractivity contribution in [3.8, 4) is 0 Å². The fourth-order valence-electron chi connectivity index (χ4n) is 2.40. The number of nitrogens with one attached hydrogen (secondary N) is 1. The average Bonchev–Trinajstić information content (AvgIpc) is 2.53. The Morgan fingerprint density at radius 1 is 1.25 bits per heavy atom. The molecule has 0 radical (unpaired) electrons. The van der Waals surface area contributed by atoms with Crippen molar-refractivity contribution in [3.05, 3.63) is 35.5 Å². The van der Waals surface area contributed by atoms with Gasteiger partial charge >= 0.3 is 0 Å². The average molecular weight is 216 g/mol. The molecule has 86 valence electrons. The monoisotopic (exact) mass is 216 g/mol. The molecule has 2 rings (SSSR count). The zero-order valence-corrected chi connectivity index (χ0v) is 10.5. The Labute approximate surface area is 97.3 Å². The van der Waals surface area contributed by atoms with Crippen LogP contribution in [0.25, 0.3) is 10.9 Å². The number of rotatable bonds is 3. The van der Waals surface area contributed by atoms with Crippen molar-refractivity contribution in [1.82, 2.24) is 9.88 Å². The Morgan fingerprint density at radius 3 is 2.62 bits per heavy atom. The third-order valence-electron chi connectivity index (χ3n) is 3.00. The van der Waals surface area contributed by atoms with Gasteiger partial charge in [0.15, 0.2) is 0 Å².